The summed E-state index contributed by atoms with van der Waals surface area (Å²) in [6.45, 7) is 1.24. The summed E-state index contributed by atoms with van der Waals surface area (Å²) in [5.41, 5.74) is 2.33. The Morgan fingerprint density at radius 3 is 3.10 bits per heavy atom. The molecule has 110 valence electrons. The molecule has 3 atom stereocenters. The first-order valence-corrected chi connectivity index (χ1v) is 8.31. The van der Waals surface area contributed by atoms with Crippen molar-refractivity contribution in [3.63, 3.8) is 0 Å². The number of carbonyl (C=O) groups is 1. The minimum absolute atomic E-state index is 0.0504. The van der Waals surface area contributed by atoms with Gasteiger partial charge in [0.15, 0.2) is 0 Å². The smallest absolute Gasteiger partial charge is 0.238 e. The Kier molecular flexibility index (Phi) is 4.47. The third kappa shape index (κ3) is 3.07. The number of rotatable bonds is 3. The number of amides is 1. The van der Waals surface area contributed by atoms with Crippen molar-refractivity contribution in [2.75, 3.05) is 19.0 Å². The van der Waals surface area contributed by atoms with Crippen LogP contribution in [-0.4, -0.2) is 30.9 Å². The zero-order valence-corrected chi connectivity index (χ0v) is 12.6. The second-order valence-corrected chi connectivity index (χ2v) is 6.65. The Hall–Kier alpha value is -1.51. The number of ether oxygens (including phenoxy) is 1. The molecule has 0 saturated carbocycles. The summed E-state index contributed by atoms with van der Waals surface area (Å²) in [4.78, 5) is 12.6. The molecule has 0 bridgehead atoms. The molecule has 1 amide bonds. The molecule has 1 fully saturated rings. The van der Waals surface area contributed by atoms with E-state index < -0.39 is 6.04 Å². The van der Waals surface area contributed by atoms with Gasteiger partial charge < -0.3 is 10.1 Å². The molecule has 2 aliphatic rings. The molecule has 1 saturated heterocycles. The lowest BCUT2D eigenvalue weighted by molar-refractivity contribution is -0.121. The summed E-state index contributed by atoms with van der Waals surface area (Å²) < 4.78 is 5.32. The van der Waals surface area contributed by atoms with Crippen LogP contribution in [0.5, 0.6) is 0 Å². The highest BCUT2D eigenvalue weighted by molar-refractivity contribution is 8.00. The summed E-state index contributed by atoms with van der Waals surface area (Å²) in [5.74, 6) is 1.01. The fraction of sp³-hybridized carbons (Fsp3) is 0.500. The zero-order chi connectivity index (χ0) is 14.7. The molecule has 0 spiro atoms. The Morgan fingerprint density at radius 2 is 2.33 bits per heavy atom. The van der Waals surface area contributed by atoms with Crippen molar-refractivity contribution in [2.45, 2.75) is 24.1 Å². The molecule has 21 heavy (non-hydrogen) atoms. The number of carbonyl (C=O) groups excluding carboxylic acids is 1. The Balaban J connectivity index is 1.72. The van der Waals surface area contributed by atoms with Crippen LogP contribution in [0.2, 0.25) is 0 Å². The van der Waals surface area contributed by atoms with Crippen LogP contribution in [0.15, 0.2) is 24.3 Å². The number of thioether (sulfide) groups is 1. The first kappa shape index (κ1) is 14.4. The molecule has 1 N–H and O–H groups in total. The van der Waals surface area contributed by atoms with Crippen LogP contribution in [0.25, 0.3) is 0 Å². The number of hydrogen-bond acceptors (Lipinski definition) is 4. The molecule has 3 rings (SSSR count). The quantitative estimate of drug-likeness (QED) is 0.928. The molecule has 2 heterocycles. The van der Waals surface area contributed by atoms with Gasteiger partial charge in [0.2, 0.25) is 5.91 Å². The van der Waals surface area contributed by atoms with Gasteiger partial charge in [-0.2, -0.15) is 5.26 Å². The molecule has 2 aliphatic heterocycles. The number of benzene rings is 1. The molecule has 0 unspecified atom stereocenters. The maximum absolute atomic E-state index is 12.6. The molecule has 1 aromatic carbocycles. The summed E-state index contributed by atoms with van der Waals surface area (Å²) in [5, 5.41) is 12.0. The number of nitrogens with one attached hydrogen (secondary N) is 1. The fourth-order valence-corrected chi connectivity index (χ4v) is 4.11. The Morgan fingerprint density at radius 1 is 1.48 bits per heavy atom. The van der Waals surface area contributed by atoms with E-state index >= 15 is 0 Å². The van der Waals surface area contributed by atoms with Crippen LogP contribution in [0.4, 0.5) is 0 Å². The third-order valence-corrected chi connectivity index (χ3v) is 5.35. The summed E-state index contributed by atoms with van der Waals surface area (Å²) in [7, 11) is 0. The number of nitriles is 1. The lowest BCUT2D eigenvalue weighted by atomic mass is 9.98. The van der Waals surface area contributed by atoms with Gasteiger partial charge in [-0.15, -0.1) is 11.8 Å². The predicted molar refractivity (Wildman–Crippen MR) is 81.8 cm³/mol. The first-order valence-electron chi connectivity index (χ1n) is 7.26. The minimum Gasteiger partial charge on any atom is -0.381 e. The van der Waals surface area contributed by atoms with Crippen LogP contribution < -0.4 is 5.32 Å². The fourth-order valence-electron chi connectivity index (χ4n) is 2.91. The molecule has 4 nitrogen and oxygen atoms in total. The van der Waals surface area contributed by atoms with Crippen LogP contribution in [-0.2, 0) is 16.0 Å². The highest BCUT2D eigenvalue weighted by atomic mass is 32.2. The van der Waals surface area contributed by atoms with E-state index in [9.17, 15) is 10.1 Å². The van der Waals surface area contributed by atoms with Gasteiger partial charge in [-0.3, -0.25) is 4.79 Å². The maximum Gasteiger partial charge on any atom is 0.238 e. The third-order valence-electron chi connectivity index (χ3n) is 4.10. The van der Waals surface area contributed by atoms with E-state index in [0.717, 1.165) is 24.2 Å². The van der Waals surface area contributed by atoms with Crippen LogP contribution in [0.3, 0.4) is 0 Å². The molecule has 5 heteroatoms. The van der Waals surface area contributed by atoms with Crippen molar-refractivity contribution in [1.82, 2.24) is 5.32 Å². The molecular weight excluding hydrogens is 284 g/mol. The number of fused-ring (bicyclic) bond motifs is 1. The molecular formula is C16H18N2O2S. The SMILES string of the molecule is N#C[C@H](NC(=O)[C@H]1SCCc2ccccc21)[C@@H]1CCOC1. The van der Waals surface area contributed by atoms with Gasteiger partial charge in [-0.05, 0) is 29.7 Å². The highest BCUT2D eigenvalue weighted by Gasteiger charge is 2.32. The van der Waals surface area contributed by atoms with Crippen molar-refractivity contribution in [3.8, 4) is 6.07 Å². The van der Waals surface area contributed by atoms with E-state index in [0.29, 0.717) is 13.2 Å². The van der Waals surface area contributed by atoms with Crippen molar-refractivity contribution in [2.24, 2.45) is 5.92 Å². The van der Waals surface area contributed by atoms with Gasteiger partial charge in [0.25, 0.3) is 0 Å². The second kappa shape index (κ2) is 6.50. The summed E-state index contributed by atoms with van der Waals surface area (Å²) >= 11 is 1.66. The molecule has 0 aliphatic carbocycles. The monoisotopic (exact) mass is 302 g/mol. The number of hydrogen-bond donors (Lipinski definition) is 1. The lowest BCUT2D eigenvalue weighted by Gasteiger charge is -2.26. The van der Waals surface area contributed by atoms with E-state index in [4.69, 9.17) is 4.74 Å². The molecule has 1 aromatic rings. The summed E-state index contributed by atoms with van der Waals surface area (Å²) in [6, 6.07) is 9.85. The minimum atomic E-state index is -0.449. The first-order chi connectivity index (χ1) is 10.3. The summed E-state index contributed by atoms with van der Waals surface area (Å²) in [6.07, 6.45) is 1.84. The standard InChI is InChI=1S/C16H18N2O2S/c17-9-14(12-5-7-20-10-12)18-16(19)15-13-4-2-1-3-11(13)6-8-21-15/h1-4,12,14-15H,5-8,10H2,(H,18,19)/t12-,14+,15+/m1/s1. The average molecular weight is 302 g/mol. The van der Waals surface area contributed by atoms with Gasteiger partial charge in [0.05, 0.1) is 12.7 Å². The maximum atomic E-state index is 12.6. The number of nitrogens with zero attached hydrogens (tertiary/aromatic N) is 1. The van der Waals surface area contributed by atoms with Crippen LogP contribution >= 0.6 is 11.8 Å². The van der Waals surface area contributed by atoms with Crippen molar-refractivity contribution >= 4 is 17.7 Å². The van der Waals surface area contributed by atoms with Gasteiger partial charge in [-0.1, -0.05) is 24.3 Å². The Labute approximate surface area is 128 Å². The number of aryl methyl sites for hydroxylation is 1. The van der Waals surface area contributed by atoms with Gasteiger partial charge in [-0.25, -0.2) is 0 Å². The molecule has 0 radical (unpaired) electrons. The zero-order valence-electron chi connectivity index (χ0n) is 11.7. The predicted octanol–water partition coefficient (Wildman–Crippen LogP) is 2.06. The van der Waals surface area contributed by atoms with Crippen molar-refractivity contribution < 1.29 is 9.53 Å². The Bertz CT molecular complexity index is 564. The van der Waals surface area contributed by atoms with E-state index in [1.54, 1.807) is 11.8 Å². The van der Waals surface area contributed by atoms with Gasteiger partial charge in [0, 0.05) is 12.5 Å². The van der Waals surface area contributed by atoms with Gasteiger partial charge >= 0.3 is 0 Å². The highest BCUT2D eigenvalue weighted by Crippen LogP contribution is 2.37. The largest absolute Gasteiger partial charge is 0.381 e. The lowest BCUT2D eigenvalue weighted by Crippen LogP contribution is -2.42. The van der Waals surface area contributed by atoms with Gasteiger partial charge in [0.1, 0.15) is 11.3 Å². The van der Waals surface area contributed by atoms with E-state index in [1.807, 2.05) is 18.2 Å². The van der Waals surface area contributed by atoms with Crippen LogP contribution in [0, 0.1) is 17.2 Å². The second-order valence-electron chi connectivity index (χ2n) is 5.44. The topological polar surface area (TPSA) is 62.1 Å². The van der Waals surface area contributed by atoms with Crippen molar-refractivity contribution in [3.05, 3.63) is 35.4 Å². The normalized spacial score (nSPS) is 25.7. The van der Waals surface area contributed by atoms with Crippen LogP contribution in [0.1, 0.15) is 22.8 Å². The van der Waals surface area contributed by atoms with E-state index in [1.165, 1.54) is 5.56 Å². The molecule has 0 aromatic heterocycles. The van der Waals surface area contributed by atoms with E-state index in [2.05, 4.69) is 17.5 Å². The van der Waals surface area contributed by atoms with E-state index in [-0.39, 0.29) is 17.1 Å². The average Bonchev–Trinajstić information content (AvgIpc) is 3.06. The van der Waals surface area contributed by atoms with Crippen molar-refractivity contribution in [1.29, 1.82) is 5.26 Å².